The molecule has 5 nitrogen and oxygen atoms in total. The summed E-state index contributed by atoms with van der Waals surface area (Å²) >= 11 is 0. The molecule has 5 heteroatoms. The monoisotopic (exact) mass is 266 g/mol. The Morgan fingerprint density at radius 3 is 2.95 bits per heavy atom. The Bertz CT molecular complexity index is 360. The number of nitrogens with one attached hydrogen (secondary N) is 1. The maximum absolute atomic E-state index is 5.55. The Morgan fingerprint density at radius 2 is 2.26 bits per heavy atom. The van der Waals surface area contributed by atoms with Gasteiger partial charge < -0.3 is 4.74 Å². The van der Waals surface area contributed by atoms with E-state index in [1.165, 1.54) is 32.1 Å². The summed E-state index contributed by atoms with van der Waals surface area (Å²) in [5.74, 6) is 5.55. The zero-order chi connectivity index (χ0) is 13.5. The molecule has 0 radical (unpaired) electrons. The lowest BCUT2D eigenvalue weighted by Gasteiger charge is -2.22. The molecule has 1 atom stereocenters. The largest absolute Gasteiger partial charge is 0.380 e. The van der Waals surface area contributed by atoms with Crippen LogP contribution in [0.5, 0.6) is 0 Å². The molecule has 0 amide bonds. The van der Waals surface area contributed by atoms with Crippen LogP contribution >= 0.6 is 0 Å². The highest BCUT2D eigenvalue weighted by Crippen LogP contribution is 2.27. The molecule has 0 spiro atoms. The van der Waals surface area contributed by atoms with Crippen molar-refractivity contribution in [2.75, 3.05) is 13.2 Å². The Balaban J connectivity index is 1.88. The molecule has 1 aromatic rings. The Labute approximate surface area is 115 Å². The summed E-state index contributed by atoms with van der Waals surface area (Å²) in [6.07, 6.45) is 9.49. The fourth-order valence-electron chi connectivity index (χ4n) is 2.71. The minimum absolute atomic E-state index is 0.134. The molecule has 2 rings (SSSR count). The second kappa shape index (κ2) is 7.62. The molecule has 0 aliphatic heterocycles. The van der Waals surface area contributed by atoms with Crippen LogP contribution in [0, 0.1) is 0 Å². The third-order valence-corrected chi connectivity index (χ3v) is 3.83. The Kier molecular flexibility index (Phi) is 5.82. The number of nitrogens with zero attached hydrogens (tertiary/aromatic N) is 2. The highest BCUT2D eigenvalue weighted by molar-refractivity contribution is 5.02. The SMILES string of the molecule is CCOCC(Cc1ccn(C2CCCCC2)n1)NN. The van der Waals surface area contributed by atoms with Crippen molar-refractivity contribution in [2.24, 2.45) is 5.84 Å². The summed E-state index contributed by atoms with van der Waals surface area (Å²) in [5.41, 5.74) is 3.89. The van der Waals surface area contributed by atoms with Gasteiger partial charge in [-0.3, -0.25) is 16.0 Å². The van der Waals surface area contributed by atoms with Gasteiger partial charge in [0.25, 0.3) is 0 Å². The summed E-state index contributed by atoms with van der Waals surface area (Å²) in [6, 6.07) is 2.83. The normalized spacial score (nSPS) is 18.6. The van der Waals surface area contributed by atoms with Crippen LogP contribution in [-0.2, 0) is 11.2 Å². The van der Waals surface area contributed by atoms with E-state index >= 15 is 0 Å². The van der Waals surface area contributed by atoms with Crippen LogP contribution in [0.25, 0.3) is 0 Å². The molecule has 1 heterocycles. The number of rotatable bonds is 7. The van der Waals surface area contributed by atoms with Gasteiger partial charge in [-0.25, -0.2) is 0 Å². The first-order valence-electron chi connectivity index (χ1n) is 7.41. The summed E-state index contributed by atoms with van der Waals surface area (Å²) < 4.78 is 7.55. The van der Waals surface area contributed by atoms with Crippen molar-refractivity contribution in [1.29, 1.82) is 0 Å². The van der Waals surface area contributed by atoms with Gasteiger partial charge in [0.2, 0.25) is 0 Å². The average Bonchev–Trinajstić information content (AvgIpc) is 2.93. The number of hydrogen-bond donors (Lipinski definition) is 2. The van der Waals surface area contributed by atoms with Gasteiger partial charge in [-0.05, 0) is 25.8 Å². The molecular formula is C14H26N4O. The van der Waals surface area contributed by atoms with E-state index in [2.05, 4.69) is 22.4 Å². The van der Waals surface area contributed by atoms with Crippen molar-refractivity contribution in [2.45, 2.75) is 57.5 Å². The van der Waals surface area contributed by atoms with Crippen molar-refractivity contribution in [3.05, 3.63) is 18.0 Å². The van der Waals surface area contributed by atoms with Crippen LogP contribution in [0.4, 0.5) is 0 Å². The van der Waals surface area contributed by atoms with Gasteiger partial charge in [-0.15, -0.1) is 0 Å². The fourth-order valence-corrected chi connectivity index (χ4v) is 2.71. The molecule has 1 aliphatic rings. The lowest BCUT2D eigenvalue weighted by Crippen LogP contribution is -2.40. The summed E-state index contributed by atoms with van der Waals surface area (Å²) in [5, 5.41) is 4.70. The van der Waals surface area contributed by atoms with Gasteiger partial charge in [-0.2, -0.15) is 5.10 Å². The second-order valence-corrected chi connectivity index (χ2v) is 5.31. The second-order valence-electron chi connectivity index (χ2n) is 5.31. The topological polar surface area (TPSA) is 65.1 Å². The Morgan fingerprint density at radius 1 is 1.47 bits per heavy atom. The maximum Gasteiger partial charge on any atom is 0.0641 e. The van der Waals surface area contributed by atoms with Gasteiger partial charge in [0, 0.05) is 19.2 Å². The zero-order valence-electron chi connectivity index (χ0n) is 11.8. The third-order valence-electron chi connectivity index (χ3n) is 3.83. The minimum atomic E-state index is 0.134. The fraction of sp³-hybridized carbons (Fsp3) is 0.786. The lowest BCUT2D eigenvalue weighted by atomic mass is 9.96. The molecule has 0 bridgehead atoms. The maximum atomic E-state index is 5.55. The highest BCUT2D eigenvalue weighted by atomic mass is 16.5. The highest BCUT2D eigenvalue weighted by Gasteiger charge is 2.17. The predicted molar refractivity (Wildman–Crippen MR) is 75.7 cm³/mol. The van der Waals surface area contributed by atoms with Crippen molar-refractivity contribution < 1.29 is 4.74 Å². The molecular weight excluding hydrogens is 240 g/mol. The van der Waals surface area contributed by atoms with E-state index in [-0.39, 0.29) is 6.04 Å². The van der Waals surface area contributed by atoms with Gasteiger partial charge in [-0.1, -0.05) is 19.3 Å². The van der Waals surface area contributed by atoms with Gasteiger partial charge in [0.05, 0.1) is 24.4 Å². The summed E-state index contributed by atoms with van der Waals surface area (Å²) in [7, 11) is 0. The lowest BCUT2D eigenvalue weighted by molar-refractivity contribution is 0.122. The smallest absolute Gasteiger partial charge is 0.0641 e. The van der Waals surface area contributed by atoms with Gasteiger partial charge in [0.1, 0.15) is 0 Å². The molecule has 108 valence electrons. The molecule has 3 N–H and O–H groups in total. The molecule has 1 aromatic heterocycles. The van der Waals surface area contributed by atoms with Crippen LogP contribution in [0.15, 0.2) is 12.3 Å². The quantitative estimate of drug-likeness (QED) is 0.583. The van der Waals surface area contributed by atoms with E-state index in [9.17, 15) is 0 Å². The van der Waals surface area contributed by atoms with Crippen molar-refractivity contribution in [3.8, 4) is 0 Å². The number of aromatic nitrogens is 2. The average molecular weight is 266 g/mol. The van der Waals surface area contributed by atoms with Crippen molar-refractivity contribution >= 4 is 0 Å². The van der Waals surface area contributed by atoms with Crippen molar-refractivity contribution in [3.63, 3.8) is 0 Å². The van der Waals surface area contributed by atoms with E-state index in [0.29, 0.717) is 19.3 Å². The molecule has 19 heavy (non-hydrogen) atoms. The number of ether oxygens (including phenoxy) is 1. The molecule has 1 fully saturated rings. The van der Waals surface area contributed by atoms with Crippen LogP contribution < -0.4 is 11.3 Å². The molecule has 1 aliphatic carbocycles. The van der Waals surface area contributed by atoms with Gasteiger partial charge in [0.15, 0.2) is 0 Å². The number of hydrogen-bond acceptors (Lipinski definition) is 4. The molecule has 0 aromatic carbocycles. The van der Waals surface area contributed by atoms with Crippen molar-refractivity contribution in [1.82, 2.24) is 15.2 Å². The van der Waals surface area contributed by atoms with Crippen LogP contribution in [0.2, 0.25) is 0 Å². The summed E-state index contributed by atoms with van der Waals surface area (Å²) in [4.78, 5) is 0. The van der Waals surface area contributed by atoms with E-state index in [1.807, 2.05) is 6.92 Å². The van der Waals surface area contributed by atoms with Crippen LogP contribution in [-0.4, -0.2) is 29.0 Å². The third kappa shape index (κ3) is 4.30. The first-order chi connectivity index (χ1) is 9.33. The number of nitrogens with two attached hydrogens (primary N) is 1. The van der Waals surface area contributed by atoms with E-state index < -0.39 is 0 Å². The Hall–Kier alpha value is -0.910. The zero-order valence-corrected chi connectivity index (χ0v) is 11.8. The minimum Gasteiger partial charge on any atom is -0.380 e. The molecule has 0 saturated heterocycles. The predicted octanol–water partition coefficient (Wildman–Crippen LogP) is 1.80. The first kappa shape index (κ1) is 14.5. The first-order valence-corrected chi connectivity index (χ1v) is 7.41. The van der Waals surface area contributed by atoms with Crippen LogP contribution in [0.1, 0.15) is 50.8 Å². The van der Waals surface area contributed by atoms with Gasteiger partial charge >= 0.3 is 0 Å². The van der Waals surface area contributed by atoms with E-state index in [4.69, 9.17) is 15.7 Å². The molecule has 1 saturated carbocycles. The van der Waals surface area contributed by atoms with E-state index in [1.54, 1.807) is 0 Å². The summed E-state index contributed by atoms with van der Waals surface area (Å²) in [6.45, 7) is 3.34. The van der Waals surface area contributed by atoms with Crippen LogP contribution in [0.3, 0.4) is 0 Å². The van der Waals surface area contributed by atoms with E-state index in [0.717, 1.165) is 12.1 Å². The number of hydrazine groups is 1. The standard InChI is InChI=1S/C14H26N4O/c1-2-19-11-13(16-15)10-12-8-9-18(17-12)14-6-4-3-5-7-14/h8-9,13-14,16H,2-7,10-11,15H2,1H3. The molecule has 1 unspecified atom stereocenters.